The Morgan fingerprint density at radius 1 is 1.31 bits per heavy atom. The van der Waals surface area contributed by atoms with E-state index in [4.69, 9.17) is 0 Å². The van der Waals surface area contributed by atoms with E-state index in [1.54, 1.807) is 4.57 Å². The lowest BCUT2D eigenvalue weighted by Gasteiger charge is -2.26. The van der Waals surface area contributed by atoms with Gasteiger partial charge in [0.15, 0.2) is 0 Å². The van der Waals surface area contributed by atoms with E-state index in [9.17, 15) is 9.90 Å². The molecule has 0 bridgehead atoms. The zero-order valence-electron chi connectivity index (χ0n) is 16.4. The second kappa shape index (κ2) is 7.17. The van der Waals surface area contributed by atoms with Crippen molar-refractivity contribution in [1.82, 2.24) is 24.8 Å². The lowest BCUT2D eigenvalue weighted by Crippen LogP contribution is -2.41. The maximum absolute atomic E-state index is 12.3. The Kier molecular flexibility index (Phi) is 4.49. The van der Waals surface area contributed by atoms with E-state index >= 15 is 0 Å². The number of benzene rings is 1. The summed E-state index contributed by atoms with van der Waals surface area (Å²) in [5, 5.41) is 14.7. The van der Waals surface area contributed by atoms with Crippen molar-refractivity contribution in [3.05, 3.63) is 64.3 Å². The molecule has 0 radical (unpaired) electrons. The molecule has 150 valence electrons. The third-order valence-electron chi connectivity index (χ3n) is 6.05. The number of aliphatic hydroxyl groups excluding tert-OH is 1. The quantitative estimate of drug-likeness (QED) is 0.420. The first-order chi connectivity index (χ1) is 14.1. The van der Waals surface area contributed by atoms with Crippen LogP contribution < -0.4 is 11.0 Å². The van der Waals surface area contributed by atoms with Gasteiger partial charge in [-0.1, -0.05) is 12.1 Å². The molecule has 0 aliphatic carbocycles. The molecule has 4 aromatic rings. The van der Waals surface area contributed by atoms with Crippen molar-refractivity contribution in [3.63, 3.8) is 0 Å². The van der Waals surface area contributed by atoms with Crippen molar-refractivity contribution < 1.29 is 5.11 Å². The van der Waals surface area contributed by atoms with Crippen LogP contribution in [0, 0.1) is 0 Å². The van der Waals surface area contributed by atoms with Gasteiger partial charge in [-0.3, -0.25) is 9.55 Å². The average molecular weight is 391 g/mol. The second-order valence-electron chi connectivity index (χ2n) is 7.99. The van der Waals surface area contributed by atoms with Gasteiger partial charge >= 0.3 is 5.69 Å². The smallest absolute Gasteiger partial charge is 0.326 e. The summed E-state index contributed by atoms with van der Waals surface area (Å²) in [5.41, 5.74) is 5.60. The molecule has 0 amide bonds. The molecule has 5 rings (SSSR count). The molecule has 0 unspecified atom stereocenters. The molecule has 1 aliphatic heterocycles. The molecule has 0 spiro atoms. The number of hydrogen-bond acceptors (Lipinski definition) is 4. The summed E-state index contributed by atoms with van der Waals surface area (Å²) in [7, 11) is 0. The second-order valence-corrected chi connectivity index (χ2v) is 7.99. The summed E-state index contributed by atoms with van der Waals surface area (Å²) in [6, 6.07) is 9.77. The van der Waals surface area contributed by atoms with Gasteiger partial charge in [0.25, 0.3) is 0 Å². The van der Waals surface area contributed by atoms with Crippen molar-refractivity contribution in [3.8, 4) is 0 Å². The molecule has 3 aromatic heterocycles. The Bertz CT molecular complexity index is 1220. The lowest BCUT2D eigenvalue weighted by atomic mass is 9.98. The molecular weight excluding hydrogens is 366 g/mol. The zero-order chi connectivity index (χ0) is 20.0. The van der Waals surface area contributed by atoms with Gasteiger partial charge < -0.3 is 20.4 Å². The molecule has 1 aromatic carbocycles. The number of nitrogens with one attached hydrogen (secondary N) is 3. The minimum Gasteiger partial charge on any atom is -0.387 e. The van der Waals surface area contributed by atoms with Crippen LogP contribution in [-0.4, -0.2) is 36.7 Å². The van der Waals surface area contributed by atoms with Gasteiger partial charge in [-0.2, -0.15) is 0 Å². The molecule has 0 saturated carbocycles. The highest BCUT2D eigenvalue weighted by Gasteiger charge is 2.29. The molecule has 7 nitrogen and oxygen atoms in total. The summed E-state index contributed by atoms with van der Waals surface area (Å²) < 4.78 is 1.75. The molecule has 29 heavy (non-hydrogen) atoms. The zero-order valence-corrected chi connectivity index (χ0v) is 16.4. The number of H-pyrrole nitrogens is 2. The number of nitrogens with zero attached hydrogens (tertiary/aromatic N) is 2. The number of rotatable bonds is 5. The fourth-order valence-corrected chi connectivity index (χ4v) is 4.54. The normalized spacial score (nSPS) is 20.2. The largest absolute Gasteiger partial charge is 0.387 e. The minimum atomic E-state index is -0.653. The first-order valence-electron chi connectivity index (χ1n) is 10.2. The molecule has 0 fully saturated rings. The van der Waals surface area contributed by atoms with Gasteiger partial charge in [0.05, 0.1) is 28.2 Å². The standard InChI is InChI=1S/C22H25N5O2/c1-13(7-8-14-12-24-16-6-3-10-23-19(14)16)25-18-9-11-27-20-15(21(18)28)4-2-5-17(20)26-22(27)29/h2-6,10,12-13,18,21,24-25,28H,7-9,11H2,1H3,(H,26,29)/t13-,18-,21-/m1/s1. The summed E-state index contributed by atoms with van der Waals surface area (Å²) in [5.74, 6) is 0. The van der Waals surface area contributed by atoms with Crippen LogP contribution in [0.2, 0.25) is 0 Å². The van der Waals surface area contributed by atoms with E-state index in [1.807, 2.05) is 42.7 Å². The predicted molar refractivity (Wildman–Crippen MR) is 113 cm³/mol. The molecule has 0 saturated heterocycles. The van der Waals surface area contributed by atoms with E-state index in [0.717, 1.165) is 40.5 Å². The number of aryl methyl sites for hydroxylation is 2. The van der Waals surface area contributed by atoms with Crippen molar-refractivity contribution in [2.45, 2.75) is 50.9 Å². The number of aliphatic hydroxyl groups is 1. The van der Waals surface area contributed by atoms with Crippen LogP contribution in [0.25, 0.3) is 22.1 Å². The minimum absolute atomic E-state index is 0.101. The van der Waals surface area contributed by atoms with Gasteiger partial charge in [-0.15, -0.1) is 0 Å². The maximum atomic E-state index is 12.3. The highest BCUT2D eigenvalue weighted by atomic mass is 16.3. The Hall–Kier alpha value is -2.90. The van der Waals surface area contributed by atoms with E-state index in [0.29, 0.717) is 13.0 Å². The Morgan fingerprint density at radius 3 is 3.07 bits per heavy atom. The fourth-order valence-electron chi connectivity index (χ4n) is 4.54. The van der Waals surface area contributed by atoms with Crippen LogP contribution >= 0.6 is 0 Å². The third kappa shape index (κ3) is 3.16. The SMILES string of the molecule is C[C@H](CCc1c[nH]c2cccnc12)N[C@@H]1CCn2c(=O)[nH]c3cccc(c32)[C@H]1O. The van der Waals surface area contributed by atoms with Crippen LogP contribution in [0.1, 0.15) is 37.0 Å². The number of para-hydroxylation sites is 1. The lowest BCUT2D eigenvalue weighted by molar-refractivity contribution is 0.119. The van der Waals surface area contributed by atoms with Gasteiger partial charge in [0.1, 0.15) is 0 Å². The molecule has 7 heteroatoms. The molecular formula is C22H25N5O2. The monoisotopic (exact) mass is 391 g/mol. The van der Waals surface area contributed by atoms with Crippen molar-refractivity contribution in [2.75, 3.05) is 0 Å². The Labute approximate surface area is 167 Å². The third-order valence-corrected chi connectivity index (χ3v) is 6.05. The van der Waals surface area contributed by atoms with Crippen LogP contribution in [0.5, 0.6) is 0 Å². The summed E-state index contributed by atoms with van der Waals surface area (Å²) in [4.78, 5) is 22.9. The van der Waals surface area contributed by atoms with E-state index in [2.05, 4.69) is 27.2 Å². The number of pyridine rings is 1. The number of hydrogen-bond donors (Lipinski definition) is 4. The number of aromatic amines is 2. The van der Waals surface area contributed by atoms with Crippen LogP contribution in [0.3, 0.4) is 0 Å². The number of imidazole rings is 1. The Morgan fingerprint density at radius 2 is 2.17 bits per heavy atom. The van der Waals surface area contributed by atoms with Crippen molar-refractivity contribution in [1.29, 1.82) is 0 Å². The van der Waals surface area contributed by atoms with Crippen LogP contribution in [0.4, 0.5) is 0 Å². The molecule has 4 heterocycles. The number of aromatic nitrogens is 4. The highest BCUT2D eigenvalue weighted by molar-refractivity contribution is 5.80. The van der Waals surface area contributed by atoms with Crippen LogP contribution in [0.15, 0.2) is 47.5 Å². The molecule has 4 N–H and O–H groups in total. The van der Waals surface area contributed by atoms with E-state index < -0.39 is 6.10 Å². The average Bonchev–Trinajstić information content (AvgIpc) is 3.24. The topological polar surface area (TPSA) is 98.7 Å². The van der Waals surface area contributed by atoms with Crippen LogP contribution in [-0.2, 0) is 13.0 Å². The van der Waals surface area contributed by atoms with Gasteiger partial charge in [-0.05, 0) is 49.9 Å². The van der Waals surface area contributed by atoms with E-state index in [-0.39, 0.29) is 17.8 Å². The maximum Gasteiger partial charge on any atom is 0.326 e. The number of fused-ring (bicyclic) bond motifs is 1. The molecule has 3 atom stereocenters. The highest BCUT2D eigenvalue weighted by Crippen LogP contribution is 2.30. The van der Waals surface area contributed by atoms with Gasteiger partial charge in [0, 0.05) is 36.6 Å². The fraction of sp³-hybridized carbons (Fsp3) is 0.364. The molecule has 1 aliphatic rings. The first-order valence-corrected chi connectivity index (χ1v) is 10.2. The van der Waals surface area contributed by atoms with Crippen molar-refractivity contribution in [2.24, 2.45) is 0 Å². The predicted octanol–water partition coefficient (Wildman–Crippen LogP) is 2.62. The van der Waals surface area contributed by atoms with Gasteiger partial charge in [0.2, 0.25) is 0 Å². The summed E-state index contributed by atoms with van der Waals surface area (Å²) in [6.45, 7) is 2.73. The Balaban J connectivity index is 1.31. The van der Waals surface area contributed by atoms with E-state index in [1.165, 1.54) is 5.56 Å². The first kappa shape index (κ1) is 18.1. The van der Waals surface area contributed by atoms with Crippen molar-refractivity contribution >= 4 is 22.1 Å². The summed E-state index contributed by atoms with van der Waals surface area (Å²) in [6.07, 6.45) is 5.74. The van der Waals surface area contributed by atoms with Gasteiger partial charge in [-0.25, -0.2) is 4.79 Å². The summed E-state index contributed by atoms with van der Waals surface area (Å²) >= 11 is 0.